The Labute approximate surface area is 194 Å². The van der Waals surface area contributed by atoms with Gasteiger partial charge in [-0.25, -0.2) is 23.1 Å². The van der Waals surface area contributed by atoms with Crippen LogP contribution in [0.25, 0.3) is 5.69 Å². The summed E-state index contributed by atoms with van der Waals surface area (Å²) >= 11 is 0. The van der Waals surface area contributed by atoms with Crippen molar-refractivity contribution >= 4 is 11.9 Å². The van der Waals surface area contributed by atoms with E-state index in [0.717, 1.165) is 0 Å². The van der Waals surface area contributed by atoms with Gasteiger partial charge < -0.3 is 9.80 Å². The number of hydrogen-bond acceptors (Lipinski definition) is 6. The average Bonchev–Trinajstić information content (AvgIpc) is 3.50. The fraction of sp³-hybridized carbons (Fsp3) is 0.435. The van der Waals surface area contributed by atoms with Crippen molar-refractivity contribution in [1.82, 2.24) is 29.9 Å². The summed E-state index contributed by atoms with van der Waals surface area (Å²) in [6, 6.07) is 4.36. The number of anilines is 1. The highest BCUT2D eigenvalue weighted by Crippen LogP contribution is 2.35. The van der Waals surface area contributed by atoms with Crippen LogP contribution in [0.2, 0.25) is 0 Å². The molecule has 34 heavy (non-hydrogen) atoms. The van der Waals surface area contributed by atoms with Gasteiger partial charge in [0, 0.05) is 38.0 Å². The van der Waals surface area contributed by atoms with Crippen LogP contribution < -0.4 is 4.90 Å². The molecule has 4 heterocycles. The van der Waals surface area contributed by atoms with E-state index in [-0.39, 0.29) is 40.4 Å². The van der Waals surface area contributed by atoms with E-state index in [2.05, 4.69) is 20.2 Å². The molecule has 8 nitrogen and oxygen atoms in total. The van der Waals surface area contributed by atoms with Crippen molar-refractivity contribution in [2.45, 2.75) is 26.4 Å². The van der Waals surface area contributed by atoms with E-state index in [4.69, 9.17) is 0 Å². The summed E-state index contributed by atoms with van der Waals surface area (Å²) in [7, 11) is 0. The second-order valence-electron chi connectivity index (χ2n) is 9.33. The molecule has 2 aromatic heterocycles. The van der Waals surface area contributed by atoms with Gasteiger partial charge in [0.15, 0.2) is 5.82 Å². The van der Waals surface area contributed by atoms with Crippen LogP contribution in [0.5, 0.6) is 0 Å². The van der Waals surface area contributed by atoms with Crippen LogP contribution in [-0.2, 0) is 5.67 Å². The van der Waals surface area contributed by atoms with Crippen LogP contribution in [0.1, 0.15) is 35.6 Å². The molecular formula is C23H24F3N7O. The number of aryl methyl sites for hydroxylation is 1. The highest BCUT2D eigenvalue weighted by atomic mass is 19.1. The van der Waals surface area contributed by atoms with E-state index >= 15 is 0 Å². The lowest BCUT2D eigenvalue weighted by atomic mass is 10.0. The number of likely N-dealkylation sites (tertiary alicyclic amines) is 1. The third-order valence-corrected chi connectivity index (χ3v) is 6.46. The predicted octanol–water partition coefficient (Wildman–Crippen LogP) is 3.06. The van der Waals surface area contributed by atoms with E-state index in [9.17, 15) is 18.0 Å². The van der Waals surface area contributed by atoms with Gasteiger partial charge in [-0.3, -0.25) is 4.79 Å². The highest BCUT2D eigenvalue weighted by Gasteiger charge is 2.44. The van der Waals surface area contributed by atoms with E-state index in [1.807, 2.05) is 4.90 Å². The first-order valence-corrected chi connectivity index (χ1v) is 11.1. The van der Waals surface area contributed by atoms with Gasteiger partial charge in [-0.05, 0) is 32.9 Å². The maximum Gasteiger partial charge on any atom is 0.259 e. The molecule has 178 valence electrons. The Bertz CT molecular complexity index is 1230. The normalized spacial score (nSPS) is 20.2. The van der Waals surface area contributed by atoms with E-state index in [0.29, 0.717) is 26.2 Å². The maximum absolute atomic E-state index is 14.7. The molecule has 0 unspecified atom stereocenters. The van der Waals surface area contributed by atoms with Crippen molar-refractivity contribution in [3.63, 3.8) is 0 Å². The number of carbonyl (C=O) groups is 1. The molecule has 1 amide bonds. The molecule has 2 aliphatic rings. The van der Waals surface area contributed by atoms with Gasteiger partial charge in [0.05, 0.1) is 18.1 Å². The second kappa shape index (κ2) is 8.07. The van der Waals surface area contributed by atoms with Crippen LogP contribution in [0, 0.1) is 30.4 Å². The van der Waals surface area contributed by atoms with E-state index in [1.54, 1.807) is 11.0 Å². The van der Waals surface area contributed by atoms with Crippen molar-refractivity contribution in [2.24, 2.45) is 11.8 Å². The number of alkyl halides is 1. The summed E-state index contributed by atoms with van der Waals surface area (Å²) in [5.74, 6) is -1.28. The molecule has 0 saturated carbocycles. The van der Waals surface area contributed by atoms with Gasteiger partial charge in [-0.1, -0.05) is 6.07 Å². The second-order valence-corrected chi connectivity index (χ2v) is 9.33. The molecule has 0 spiro atoms. The first-order valence-electron chi connectivity index (χ1n) is 11.1. The number of aromatic nitrogens is 5. The predicted molar refractivity (Wildman–Crippen MR) is 117 cm³/mol. The van der Waals surface area contributed by atoms with Crippen molar-refractivity contribution in [3.05, 3.63) is 59.2 Å². The number of rotatable bonds is 4. The van der Waals surface area contributed by atoms with Crippen molar-refractivity contribution in [3.8, 4) is 5.69 Å². The number of benzene rings is 1. The van der Waals surface area contributed by atoms with Crippen molar-refractivity contribution in [1.29, 1.82) is 0 Å². The maximum atomic E-state index is 14.7. The lowest BCUT2D eigenvalue weighted by Gasteiger charge is -2.24. The number of amides is 1. The first kappa shape index (κ1) is 22.3. The molecule has 2 atom stereocenters. The molecule has 5 rings (SSSR count). The molecule has 0 aliphatic carbocycles. The Kier molecular flexibility index (Phi) is 5.29. The third-order valence-electron chi connectivity index (χ3n) is 6.46. The van der Waals surface area contributed by atoms with E-state index < -0.39 is 23.2 Å². The zero-order valence-corrected chi connectivity index (χ0v) is 19.0. The van der Waals surface area contributed by atoms with Gasteiger partial charge in [-0.2, -0.15) is 15.0 Å². The Hall–Kier alpha value is -3.50. The van der Waals surface area contributed by atoms with Crippen LogP contribution in [-0.4, -0.2) is 61.9 Å². The van der Waals surface area contributed by atoms with Gasteiger partial charge in [0.2, 0.25) is 5.95 Å². The highest BCUT2D eigenvalue weighted by molar-refractivity contribution is 5.98. The Morgan fingerprint density at radius 2 is 1.68 bits per heavy atom. The summed E-state index contributed by atoms with van der Waals surface area (Å²) < 4.78 is 43.6. The molecule has 0 radical (unpaired) electrons. The van der Waals surface area contributed by atoms with Crippen LogP contribution in [0.3, 0.4) is 0 Å². The molecule has 3 aromatic rings. The quantitative estimate of drug-likeness (QED) is 0.582. The minimum absolute atomic E-state index is 0.0668. The zero-order chi connectivity index (χ0) is 24.2. The number of nitrogens with zero attached hydrogens (tertiary/aromatic N) is 7. The summed E-state index contributed by atoms with van der Waals surface area (Å²) in [5, 5.41) is 8.06. The topological polar surface area (TPSA) is 80.0 Å². The SMILES string of the molecule is Cc1nc(N2C[C@H]3CN(C(=O)c4c(F)cccc4-n4nccn4)C[C@H]3C2)nc(C(C)(C)F)c1F. The summed E-state index contributed by atoms with van der Waals surface area (Å²) in [6.45, 7) is 5.96. The molecular weight excluding hydrogens is 447 g/mol. The summed E-state index contributed by atoms with van der Waals surface area (Å²) in [6.07, 6.45) is 2.92. The lowest BCUT2D eigenvalue weighted by Crippen LogP contribution is -2.35. The monoisotopic (exact) mass is 471 g/mol. The van der Waals surface area contributed by atoms with Crippen molar-refractivity contribution in [2.75, 3.05) is 31.1 Å². The number of carbonyl (C=O) groups excluding carboxylic acids is 1. The van der Waals surface area contributed by atoms with Gasteiger partial charge >= 0.3 is 0 Å². The van der Waals surface area contributed by atoms with Gasteiger partial charge in [0.25, 0.3) is 5.91 Å². The van der Waals surface area contributed by atoms with Gasteiger partial charge in [-0.15, -0.1) is 0 Å². The lowest BCUT2D eigenvalue weighted by molar-refractivity contribution is 0.0777. The molecule has 2 saturated heterocycles. The standard InChI is InChI=1S/C23H24F3N7O/c1-13-19(25)20(23(2,3)26)30-22(29-13)32-11-14-9-31(10-15(14)12-32)21(34)18-16(24)5-4-6-17(18)33-27-7-8-28-33/h4-8,14-15H,9-12H2,1-3H3/t14-,15+. The minimum Gasteiger partial charge on any atom is -0.340 e. The van der Waals surface area contributed by atoms with Gasteiger partial charge in [0.1, 0.15) is 28.4 Å². The van der Waals surface area contributed by atoms with Crippen LogP contribution in [0.4, 0.5) is 19.1 Å². The largest absolute Gasteiger partial charge is 0.340 e. The minimum atomic E-state index is -1.94. The Morgan fingerprint density at radius 1 is 1.03 bits per heavy atom. The summed E-state index contributed by atoms with van der Waals surface area (Å²) in [5.41, 5.74) is -1.89. The molecule has 0 bridgehead atoms. The van der Waals surface area contributed by atoms with Crippen LogP contribution in [0.15, 0.2) is 30.6 Å². The Balaban J connectivity index is 1.35. The molecule has 2 fully saturated rings. The van der Waals surface area contributed by atoms with Crippen LogP contribution >= 0.6 is 0 Å². The fourth-order valence-corrected chi connectivity index (χ4v) is 4.79. The molecule has 2 aliphatic heterocycles. The third kappa shape index (κ3) is 3.78. The Morgan fingerprint density at radius 3 is 2.29 bits per heavy atom. The van der Waals surface area contributed by atoms with E-state index in [1.165, 1.54) is 50.1 Å². The molecule has 11 heteroatoms. The molecule has 1 aromatic carbocycles. The smallest absolute Gasteiger partial charge is 0.259 e. The average molecular weight is 471 g/mol. The zero-order valence-electron chi connectivity index (χ0n) is 19.0. The summed E-state index contributed by atoms with van der Waals surface area (Å²) in [4.78, 5) is 26.5. The molecule has 0 N–H and O–H groups in total. The number of hydrogen-bond donors (Lipinski definition) is 0. The number of fused-ring (bicyclic) bond motifs is 1. The van der Waals surface area contributed by atoms with Crippen molar-refractivity contribution < 1.29 is 18.0 Å². The number of halogens is 3. The fourth-order valence-electron chi connectivity index (χ4n) is 4.79. The first-order chi connectivity index (χ1) is 16.1.